The summed E-state index contributed by atoms with van der Waals surface area (Å²) in [5.74, 6) is 1.34. The molecule has 1 saturated carbocycles. The van der Waals surface area contributed by atoms with Crippen LogP contribution in [0, 0.1) is 31.6 Å². The number of hydrogen-bond donors (Lipinski definition) is 0. The molecule has 31 valence electrons. The van der Waals surface area contributed by atoms with Crippen molar-refractivity contribution in [2.75, 3.05) is 0 Å². The summed E-state index contributed by atoms with van der Waals surface area (Å²) in [6.07, 6.45) is 8.24. The van der Waals surface area contributed by atoms with E-state index >= 15 is 0 Å². The van der Waals surface area contributed by atoms with E-state index in [-0.39, 0.29) is 18.9 Å². The molecule has 0 aliphatic heterocycles. The van der Waals surface area contributed by atoms with E-state index in [9.17, 15) is 0 Å². The molecule has 0 spiro atoms. The van der Waals surface area contributed by atoms with Gasteiger partial charge in [0, 0.05) is 0 Å². The van der Waals surface area contributed by atoms with Gasteiger partial charge < -0.3 is 0 Å². The maximum absolute atomic E-state index is 2.08. The zero-order chi connectivity index (χ0) is 4.41. The van der Waals surface area contributed by atoms with Gasteiger partial charge in [0.1, 0.15) is 0 Å². The second-order valence-corrected chi connectivity index (χ2v) is 1.46. The van der Waals surface area contributed by atoms with Crippen LogP contribution in [-0.2, 0) is 0 Å². The summed E-state index contributed by atoms with van der Waals surface area (Å²) in [4.78, 5) is 0. The van der Waals surface area contributed by atoms with Crippen LogP contribution in [0.25, 0.3) is 0 Å². The molecule has 0 saturated heterocycles. The predicted octanol–water partition coefficient (Wildman–Crippen LogP) is -1.58. The Kier molecular flexibility index (Phi) is 3.89. The number of rotatable bonds is 0. The Hall–Kier alpha value is 0.597. The fraction of sp³-hybridized carbons (Fsp3) is 0.167. The molecular formula is C6H7Li+. The van der Waals surface area contributed by atoms with Gasteiger partial charge in [0.05, 0.1) is 0 Å². The Morgan fingerprint density at radius 1 is 1.14 bits per heavy atom. The molecule has 0 aromatic heterocycles. The molecule has 0 amide bonds. The molecule has 0 atom stereocenters. The molecule has 0 aromatic rings. The van der Waals surface area contributed by atoms with Crippen LogP contribution in [0.5, 0.6) is 0 Å². The van der Waals surface area contributed by atoms with E-state index in [0.717, 1.165) is 0 Å². The van der Waals surface area contributed by atoms with Crippen LogP contribution < -0.4 is 18.9 Å². The smallest absolute Gasteiger partial charge is 0.0585 e. The SMILES string of the molecule is C[C]1[CH][CH][CH][CH]1.[Li+]. The van der Waals surface area contributed by atoms with Gasteiger partial charge in [-0.05, 0) is 31.6 Å². The zero-order valence-electron chi connectivity index (χ0n) is 4.81. The van der Waals surface area contributed by atoms with Crippen molar-refractivity contribution >= 4 is 0 Å². The first-order valence-corrected chi connectivity index (χ1v) is 2.08. The van der Waals surface area contributed by atoms with E-state index < -0.39 is 0 Å². The van der Waals surface area contributed by atoms with Crippen LogP contribution >= 0.6 is 0 Å². The summed E-state index contributed by atoms with van der Waals surface area (Å²) in [6.45, 7) is 2.08. The molecule has 0 unspecified atom stereocenters. The predicted molar refractivity (Wildman–Crippen MR) is 26.1 cm³/mol. The van der Waals surface area contributed by atoms with Crippen LogP contribution in [0.3, 0.4) is 0 Å². The molecule has 7 heavy (non-hydrogen) atoms. The van der Waals surface area contributed by atoms with Crippen molar-refractivity contribution in [1.29, 1.82) is 0 Å². The molecule has 0 N–H and O–H groups in total. The summed E-state index contributed by atoms with van der Waals surface area (Å²) in [6, 6.07) is 0. The van der Waals surface area contributed by atoms with Gasteiger partial charge in [-0.25, -0.2) is 0 Å². The van der Waals surface area contributed by atoms with Gasteiger partial charge in [0.2, 0.25) is 0 Å². The monoisotopic (exact) mass is 86.1 g/mol. The molecule has 0 nitrogen and oxygen atoms in total. The summed E-state index contributed by atoms with van der Waals surface area (Å²) in [5, 5.41) is 0. The van der Waals surface area contributed by atoms with Crippen LogP contribution in [0.4, 0.5) is 0 Å². The Bertz CT molecular complexity index is 37.4. The average molecular weight is 86.1 g/mol. The van der Waals surface area contributed by atoms with E-state index in [4.69, 9.17) is 0 Å². The zero-order valence-corrected chi connectivity index (χ0v) is 4.81. The first-order valence-electron chi connectivity index (χ1n) is 2.08. The van der Waals surface area contributed by atoms with Crippen LogP contribution in [-0.4, -0.2) is 0 Å². The molecular weight excluding hydrogens is 79.0 g/mol. The normalized spacial score (nSPS) is 21.9. The fourth-order valence-corrected chi connectivity index (χ4v) is 0.470. The van der Waals surface area contributed by atoms with E-state index in [1.54, 1.807) is 0 Å². The second-order valence-electron chi connectivity index (χ2n) is 1.46. The summed E-state index contributed by atoms with van der Waals surface area (Å²) in [7, 11) is 0. The fourth-order valence-electron chi connectivity index (χ4n) is 0.470. The minimum atomic E-state index is 0. The maximum atomic E-state index is 2.08. The third-order valence-electron chi connectivity index (χ3n) is 0.829. The van der Waals surface area contributed by atoms with Crippen molar-refractivity contribution in [3.05, 3.63) is 31.6 Å². The molecule has 1 fully saturated rings. The third kappa shape index (κ3) is 2.42. The van der Waals surface area contributed by atoms with Crippen molar-refractivity contribution in [2.45, 2.75) is 6.92 Å². The summed E-state index contributed by atoms with van der Waals surface area (Å²) >= 11 is 0. The minimum absolute atomic E-state index is 0. The third-order valence-corrected chi connectivity index (χ3v) is 0.829. The first kappa shape index (κ1) is 7.60. The Labute approximate surface area is 57.9 Å². The van der Waals surface area contributed by atoms with Crippen molar-refractivity contribution in [3.8, 4) is 0 Å². The van der Waals surface area contributed by atoms with Crippen LogP contribution in [0.15, 0.2) is 0 Å². The van der Waals surface area contributed by atoms with Gasteiger partial charge in [0.15, 0.2) is 0 Å². The van der Waals surface area contributed by atoms with Gasteiger partial charge in [-0.3, -0.25) is 0 Å². The molecule has 0 aromatic carbocycles. The topological polar surface area (TPSA) is 0 Å². The van der Waals surface area contributed by atoms with Crippen molar-refractivity contribution in [2.24, 2.45) is 0 Å². The quantitative estimate of drug-likeness (QED) is 0.312. The first-order chi connectivity index (χ1) is 2.89. The minimum Gasteiger partial charge on any atom is -0.0585 e. The standard InChI is InChI=1S/C6H7.Li/c1-6-4-2-3-5-6;/h2-5H,1H3;/q;+1. The average Bonchev–Trinajstić information content (AvgIpc) is 1.86. The van der Waals surface area contributed by atoms with Gasteiger partial charge in [-0.15, -0.1) is 0 Å². The largest absolute Gasteiger partial charge is 1.00 e. The molecule has 1 heteroatoms. The van der Waals surface area contributed by atoms with E-state index in [2.05, 4.69) is 19.8 Å². The second kappa shape index (κ2) is 3.58. The van der Waals surface area contributed by atoms with E-state index in [1.165, 1.54) is 5.92 Å². The molecule has 1 aliphatic rings. The van der Waals surface area contributed by atoms with Crippen LogP contribution in [0.1, 0.15) is 6.92 Å². The maximum Gasteiger partial charge on any atom is 1.00 e. The summed E-state index contributed by atoms with van der Waals surface area (Å²) in [5.41, 5.74) is 0. The van der Waals surface area contributed by atoms with E-state index in [1.807, 2.05) is 12.8 Å². The molecule has 0 bridgehead atoms. The van der Waals surface area contributed by atoms with Crippen molar-refractivity contribution in [1.82, 2.24) is 0 Å². The molecule has 1 aliphatic carbocycles. The molecule has 5 radical (unpaired) electrons. The molecule has 0 heterocycles. The van der Waals surface area contributed by atoms with Crippen molar-refractivity contribution in [3.63, 3.8) is 0 Å². The van der Waals surface area contributed by atoms with E-state index in [0.29, 0.717) is 0 Å². The van der Waals surface area contributed by atoms with Gasteiger partial charge in [-0.1, -0.05) is 6.92 Å². The molecule has 1 rings (SSSR count). The Balaban J connectivity index is 0.000000360. The van der Waals surface area contributed by atoms with Gasteiger partial charge in [0.25, 0.3) is 0 Å². The van der Waals surface area contributed by atoms with Gasteiger partial charge >= 0.3 is 18.9 Å². The van der Waals surface area contributed by atoms with Crippen molar-refractivity contribution < 1.29 is 18.9 Å². The Morgan fingerprint density at radius 2 is 1.57 bits per heavy atom. The van der Waals surface area contributed by atoms with Gasteiger partial charge in [-0.2, -0.15) is 0 Å². The summed E-state index contributed by atoms with van der Waals surface area (Å²) < 4.78 is 0. The van der Waals surface area contributed by atoms with Crippen LogP contribution in [0.2, 0.25) is 0 Å². The Morgan fingerprint density at radius 3 is 1.71 bits per heavy atom. The number of hydrogen-bond acceptors (Lipinski definition) is 0.